The van der Waals surface area contributed by atoms with Gasteiger partial charge < -0.3 is 9.88 Å². The van der Waals surface area contributed by atoms with E-state index in [1.54, 1.807) is 18.3 Å². The Hall–Kier alpha value is -2.10. The molecule has 2 aromatic heterocycles. The highest BCUT2D eigenvalue weighted by Crippen LogP contribution is 2.28. The molecule has 1 saturated heterocycles. The van der Waals surface area contributed by atoms with Gasteiger partial charge in [-0.1, -0.05) is 6.08 Å². The lowest BCUT2D eigenvalue weighted by Crippen LogP contribution is -2.26. The summed E-state index contributed by atoms with van der Waals surface area (Å²) >= 11 is 0. The van der Waals surface area contributed by atoms with Gasteiger partial charge in [-0.2, -0.15) is 0 Å². The minimum absolute atomic E-state index is 0.110. The van der Waals surface area contributed by atoms with Gasteiger partial charge in [0.1, 0.15) is 5.65 Å². The molecule has 0 aromatic carbocycles. The summed E-state index contributed by atoms with van der Waals surface area (Å²) < 4.78 is 0. The third-order valence-electron chi connectivity index (χ3n) is 3.66. The van der Waals surface area contributed by atoms with Crippen LogP contribution in [0.3, 0.4) is 0 Å². The first-order valence-electron chi connectivity index (χ1n) is 6.63. The van der Waals surface area contributed by atoms with Gasteiger partial charge in [0.05, 0.1) is 0 Å². The highest BCUT2D eigenvalue weighted by atomic mass is 16.2. The molecule has 0 aliphatic carbocycles. The maximum absolute atomic E-state index is 11.8. The molecular formula is C15H17N3O. The predicted octanol–water partition coefficient (Wildman–Crippen LogP) is 2.45. The van der Waals surface area contributed by atoms with Crippen molar-refractivity contribution in [1.82, 2.24) is 14.9 Å². The summed E-state index contributed by atoms with van der Waals surface area (Å²) in [6.07, 6.45) is 6.23. The highest BCUT2D eigenvalue weighted by Gasteiger charge is 2.27. The van der Waals surface area contributed by atoms with Crippen molar-refractivity contribution in [3.8, 4) is 0 Å². The van der Waals surface area contributed by atoms with Crippen molar-refractivity contribution in [3.05, 3.63) is 42.2 Å². The quantitative estimate of drug-likeness (QED) is 0.838. The number of nitrogens with zero attached hydrogens (tertiary/aromatic N) is 2. The molecular weight excluding hydrogens is 238 g/mol. The third kappa shape index (κ3) is 2.26. The maximum Gasteiger partial charge on any atom is 0.246 e. The molecule has 1 aliphatic rings. The Kier molecular flexibility index (Phi) is 3.07. The number of carbonyl (C=O) groups excluding carboxylic acids is 1. The predicted molar refractivity (Wildman–Crippen MR) is 74.8 cm³/mol. The van der Waals surface area contributed by atoms with Crippen molar-refractivity contribution in [3.63, 3.8) is 0 Å². The average molecular weight is 255 g/mol. The van der Waals surface area contributed by atoms with Gasteiger partial charge in [-0.3, -0.25) is 4.79 Å². The monoisotopic (exact) mass is 255 g/mol. The van der Waals surface area contributed by atoms with Crippen LogP contribution >= 0.6 is 0 Å². The highest BCUT2D eigenvalue weighted by molar-refractivity contribution is 5.87. The van der Waals surface area contributed by atoms with E-state index < -0.39 is 0 Å². The minimum atomic E-state index is 0.110. The number of allylic oxidation sites excluding steroid dienone is 1. The fourth-order valence-corrected chi connectivity index (χ4v) is 2.66. The lowest BCUT2D eigenvalue weighted by Gasteiger charge is -2.13. The van der Waals surface area contributed by atoms with Gasteiger partial charge in [0.15, 0.2) is 0 Å². The van der Waals surface area contributed by atoms with E-state index in [9.17, 15) is 4.79 Å². The lowest BCUT2D eigenvalue weighted by atomic mass is 10.1. The van der Waals surface area contributed by atoms with Gasteiger partial charge in [0.2, 0.25) is 5.91 Å². The molecule has 1 aliphatic heterocycles. The second-order valence-corrected chi connectivity index (χ2v) is 4.94. The van der Waals surface area contributed by atoms with E-state index in [0.717, 1.165) is 30.5 Å². The van der Waals surface area contributed by atoms with E-state index in [2.05, 4.69) is 22.1 Å². The summed E-state index contributed by atoms with van der Waals surface area (Å²) in [6.45, 7) is 3.49. The van der Waals surface area contributed by atoms with Crippen molar-refractivity contribution in [2.24, 2.45) is 0 Å². The molecule has 3 heterocycles. The SMILES string of the molecule is CC=CC(=O)N1CCC(c2cc3cccnc3[nH]2)C1. The zero-order valence-corrected chi connectivity index (χ0v) is 11.0. The lowest BCUT2D eigenvalue weighted by molar-refractivity contribution is -0.125. The number of fused-ring (bicyclic) bond motifs is 1. The van der Waals surface area contributed by atoms with Gasteiger partial charge >= 0.3 is 0 Å². The number of aromatic amines is 1. The van der Waals surface area contributed by atoms with Crippen LogP contribution in [0.1, 0.15) is 25.0 Å². The minimum Gasteiger partial charge on any atom is -0.343 e. The number of likely N-dealkylation sites (tertiary alicyclic amines) is 1. The van der Waals surface area contributed by atoms with Gasteiger partial charge in [-0.05, 0) is 37.6 Å². The molecule has 0 radical (unpaired) electrons. The van der Waals surface area contributed by atoms with Crippen LogP contribution in [0, 0.1) is 0 Å². The van der Waals surface area contributed by atoms with E-state index in [4.69, 9.17) is 0 Å². The largest absolute Gasteiger partial charge is 0.343 e. The Morgan fingerprint density at radius 2 is 2.47 bits per heavy atom. The number of H-pyrrole nitrogens is 1. The normalized spacial score (nSPS) is 19.6. The zero-order valence-electron chi connectivity index (χ0n) is 11.0. The summed E-state index contributed by atoms with van der Waals surface area (Å²) in [5, 5.41) is 1.13. The van der Waals surface area contributed by atoms with E-state index in [1.807, 2.05) is 17.9 Å². The number of nitrogens with one attached hydrogen (secondary N) is 1. The standard InChI is InChI=1S/C15H17N3O/c1-2-4-14(19)18-8-6-12(10-18)13-9-11-5-3-7-16-15(11)17-13/h2-5,7,9,12H,6,8,10H2,1H3,(H,16,17). The molecule has 1 unspecified atom stereocenters. The van der Waals surface area contributed by atoms with Gasteiger partial charge in [0.25, 0.3) is 0 Å². The van der Waals surface area contributed by atoms with Crippen LogP contribution < -0.4 is 0 Å². The van der Waals surface area contributed by atoms with Crippen molar-refractivity contribution in [1.29, 1.82) is 0 Å². The maximum atomic E-state index is 11.8. The molecule has 4 heteroatoms. The number of pyridine rings is 1. The smallest absolute Gasteiger partial charge is 0.246 e. The van der Waals surface area contributed by atoms with E-state index in [1.165, 1.54) is 5.69 Å². The van der Waals surface area contributed by atoms with Crippen LogP contribution in [-0.2, 0) is 4.79 Å². The van der Waals surface area contributed by atoms with Gasteiger partial charge in [0, 0.05) is 36.3 Å². The number of hydrogen-bond acceptors (Lipinski definition) is 2. The second kappa shape index (κ2) is 4.88. The molecule has 2 aromatic rings. The Balaban J connectivity index is 1.79. The van der Waals surface area contributed by atoms with E-state index in [-0.39, 0.29) is 5.91 Å². The number of carbonyl (C=O) groups is 1. The number of aromatic nitrogens is 2. The van der Waals surface area contributed by atoms with Crippen LogP contribution in [0.25, 0.3) is 11.0 Å². The van der Waals surface area contributed by atoms with Crippen LogP contribution in [-0.4, -0.2) is 33.9 Å². The Morgan fingerprint density at radius 1 is 1.58 bits per heavy atom. The van der Waals surface area contributed by atoms with Crippen molar-refractivity contribution < 1.29 is 4.79 Å². The molecule has 1 N–H and O–H groups in total. The molecule has 1 amide bonds. The molecule has 1 atom stereocenters. The molecule has 19 heavy (non-hydrogen) atoms. The fourth-order valence-electron chi connectivity index (χ4n) is 2.66. The van der Waals surface area contributed by atoms with Crippen LogP contribution in [0.5, 0.6) is 0 Å². The molecule has 1 fully saturated rings. The number of hydrogen-bond donors (Lipinski definition) is 1. The number of amides is 1. The molecule has 4 nitrogen and oxygen atoms in total. The summed E-state index contributed by atoms with van der Waals surface area (Å²) in [5.74, 6) is 0.502. The molecule has 3 rings (SSSR count). The first kappa shape index (κ1) is 12.0. The average Bonchev–Trinajstić information content (AvgIpc) is 3.05. The third-order valence-corrected chi connectivity index (χ3v) is 3.66. The topological polar surface area (TPSA) is 49.0 Å². The first-order chi connectivity index (χ1) is 9.28. The summed E-state index contributed by atoms with van der Waals surface area (Å²) in [4.78, 5) is 21.4. The van der Waals surface area contributed by atoms with Crippen LogP contribution in [0.2, 0.25) is 0 Å². The van der Waals surface area contributed by atoms with E-state index >= 15 is 0 Å². The van der Waals surface area contributed by atoms with Gasteiger partial charge in [-0.25, -0.2) is 4.98 Å². The van der Waals surface area contributed by atoms with Crippen molar-refractivity contribution in [2.45, 2.75) is 19.3 Å². The Labute approximate surface area is 112 Å². The summed E-state index contributed by atoms with van der Waals surface area (Å²) in [6, 6.07) is 6.15. The zero-order chi connectivity index (χ0) is 13.2. The molecule has 98 valence electrons. The molecule has 0 saturated carbocycles. The van der Waals surface area contributed by atoms with Crippen LogP contribution in [0.15, 0.2) is 36.5 Å². The first-order valence-corrected chi connectivity index (χ1v) is 6.63. The Morgan fingerprint density at radius 3 is 3.26 bits per heavy atom. The second-order valence-electron chi connectivity index (χ2n) is 4.94. The van der Waals surface area contributed by atoms with Crippen LogP contribution in [0.4, 0.5) is 0 Å². The molecule has 0 bridgehead atoms. The summed E-state index contributed by atoms with van der Waals surface area (Å²) in [5.41, 5.74) is 2.11. The van der Waals surface area contributed by atoms with E-state index in [0.29, 0.717) is 5.92 Å². The fraction of sp³-hybridized carbons (Fsp3) is 0.333. The number of rotatable bonds is 2. The Bertz CT molecular complexity index is 596. The van der Waals surface area contributed by atoms with Crippen molar-refractivity contribution >= 4 is 16.9 Å². The summed E-state index contributed by atoms with van der Waals surface area (Å²) in [7, 11) is 0. The van der Waals surface area contributed by atoms with Gasteiger partial charge in [-0.15, -0.1) is 0 Å². The molecule has 0 spiro atoms. The van der Waals surface area contributed by atoms with Crippen molar-refractivity contribution in [2.75, 3.05) is 13.1 Å².